The first kappa shape index (κ1) is 25.9. The minimum Gasteiger partial charge on any atom is -0.495 e. The molecule has 3 N–H and O–H groups in total. The number of pyridine rings is 1. The Morgan fingerprint density at radius 2 is 1.89 bits per heavy atom. The van der Waals surface area contributed by atoms with Crippen LogP contribution in [0.5, 0.6) is 5.75 Å². The number of alkyl halides is 3. The molecule has 5 rings (SSSR count). The molecule has 0 saturated carbocycles. The van der Waals surface area contributed by atoms with Crippen molar-refractivity contribution in [3.8, 4) is 5.75 Å². The lowest BCUT2D eigenvalue weighted by Crippen LogP contribution is -2.45. The Kier molecular flexibility index (Phi) is 7.13. The molecule has 2 aliphatic rings. The van der Waals surface area contributed by atoms with Gasteiger partial charge in [0.2, 0.25) is 0 Å². The molecule has 2 fully saturated rings. The second kappa shape index (κ2) is 10.2. The van der Waals surface area contributed by atoms with E-state index in [1.165, 1.54) is 13.2 Å². The second-order valence-electron chi connectivity index (χ2n) is 9.45. The van der Waals surface area contributed by atoms with Crippen LogP contribution in [0.1, 0.15) is 18.4 Å². The molecule has 0 bridgehead atoms. The largest absolute Gasteiger partial charge is 0.495 e. The Morgan fingerprint density at radius 1 is 1.16 bits per heavy atom. The van der Waals surface area contributed by atoms with Crippen LogP contribution < -0.4 is 20.7 Å². The molecule has 0 atom stereocenters. The van der Waals surface area contributed by atoms with E-state index in [0.717, 1.165) is 50.6 Å². The quantitative estimate of drug-likeness (QED) is 0.387. The molecule has 1 aromatic carbocycles. The first-order chi connectivity index (χ1) is 17.7. The summed E-state index contributed by atoms with van der Waals surface area (Å²) in [5.41, 5.74) is 0.200. The summed E-state index contributed by atoms with van der Waals surface area (Å²) in [7, 11) is 0.520. The van der Waals surface area contributed by atoms with E-state index >= 15 is 0 Å². The monoisotopic (exact) mass is 537 g/mol. The standard InChI is InChI=1S/C25H31F3N5O3P/c1-29-20-14-22(32-24-23(20)18(15-30-24)25(26,27)28)31-19-4-3-17(13-21(19)35-2)37(34)11-7-33(8-12-37)16-5-9-36-10-6-16/h3-4,13-16H,5-12H2,1-2H3,(H3,29,30,31,32). The molecule has 3 aromatic rings. The fourth-order valence-electron chi connectivity index (χ4n) is 5.27. The normalized spacial score (nSPS) is 19.2. The third-order valence-corrected chi connectivity index (χ3v) is 10.4. The van der Waals surface area contributed by atoms with Crippen molar-refractivity contribution in [2.24, 2.45) is 0 Å². The Labute approximate surface area is 213 Å². The number of rotatable bonds is 6. The van der Waals surface area contributed by atoms with Crippen LogP contribution in [0.3, 0.4) is 0 Å². The van der Waals surface area contributed by atoms with Crippen molar-refractivity contribution in [2.75, 3.05) is 63.4 Å². The van der Waals surface area contributed by atoms with Gasteiger partial charge in [0.05, 0.1) is 23.7 Å². The van der Waals surface area contributed by atoms with Crippen LogP contribution in [-0.4, -0.2) is 73.7 Å². The van der Waals surface area contributed by atoms with Crippen molar-refractivity contribution in [1.82, 2.24) is 14.9 Å². The van der Waals surface area contributed by atoms with E-state index in [2.05, 4.69) is 25.5 Å². The average molecular weight is 538 g/mol. The zero-order chi connectivity index (χ0) is 26.2. The van der Waals surface area contributed by atoms with E-state index in [9.17, 15) is 17.7 Å². The Morgan fingerprint density at radius 3 is 2.54 bits per heavy atom. The molecular formula is C25H31F3N5O3P. The number of fused-ring (bicyclic) bond motifs is 1. The molecule has 12 heteroatoms. The van der Waals surface area contributed by atoms with Gasteiger partial charge in [-0.1, -0.05) is 0 Å². The van der Waals surface area contributed by atoms with E-state index in [1.807, 2.05) is 6.07 Å². The first-order valence-electron chi connectivity index (χ1n) is 12.3. The van der Waals surface area contributed by atoms with Crippen molar-refractivity contribution in [2.45, 2.75) is 25.1 Å². The topological polar surface area (TPSA) is 91.5 Å². The van der Waals surface area contributed by atoms with Crippen molar-refractivity contribution >= 4 is 40.7 Å². The molecule has 2 saturated heterocycles. The maximum atomic E-state index is 13.9. The van der Waals surface area contributed by atoms with Gasteiger partial charge in [-0.25, -0.2) is 4.98 Å². The highest BCUT2D eigenvalue weighted by Gasteiger charge is 2.36. The summed E-state index contributed by atoms with van der Waals surface area (Å²) in [6.07, 6.45) is -0.293. The highest BCUT2D eigenvalue weighted by atomic mass is 31.2. The molecule has 0 unspecified atom stereocenters. The number of H-pyrrole nitrogens is 1. The number of hydrogen-bond donors (Lipinski definition) is 3. The van der Waals surface area contributed by atoms with Gasteiger partial charge in [0.15, 0.2) is 0 Å². The lowest BCUT2D eigenvalue weighted by molar-refractivity contribution is -0.136. The number of benzene rings is 1. The van der Waals surface area contributed by atoms with E-state index < -0.39 is 18.9 Å². The Balaban J connectivity index is 1.36. The number of nitrogens with one attached hydrogen (secondary N) is 3. The predicted octanol–water partition coefficient (Wildman–Crippen LogP) is 4.86. The third-order valence-electron chi connectivity index (χ3n) is 7.34. The van der Waals surface area contributed by atoms with Gasteiger partial charge in [-0.15, -0.1) is 0 Å². The van der Waals surface area contributed by atoms with Crippen LogP contribution in [0.4, 0.5) is 30.4 Å². The molecule has 4 heterocycles. The number of halogens is 3. The Bertz CT molecular complexity index is 1310. The van der Waals surface area contributed by atoms with E-state index in [0.29, 0.717) is 35.6 Å². The van der Waals surface area contributed by atoms with Gasteiger partial charge in [-0.2, -0.15) is 13.2 Å². The van der Waals surface area contributed by atoms with Crippen LogP contribution in [0.25, 0.3) is 11.0 Å². The number of ether oxygens (including phenoxy) is 2. The lowest BCUT2D eigenvalue weighted by atomic mass is 10.1. The van der Waals surface area contributed by atoms with Crippen LogP contribution in [0.15, 0.2) is 30.5 Å². The molecule has 2 aromatic heterocycles. The van der Waals surface area contributed by atoms with Gasteiger partial charge in [0.1, 0.15) is 24.4 Å². The predicted molar refractivity (Wildman–Crippen MR) is 139 cm³/mol. The van der Waals surface area contributed by atoms with Gasteiger partial charge in [0, 0.05) is 75.0 Å². The molecule has 0 amide bonds. The maximum Gasteiger partial charge on any atom is 0.418 e. The summed E-state index contributed by atoms with van der Waals surface area (Å²) in [6.45, 7) is 3.18. The number of hydrogen-bond acceptors (Lipinski definition) is 7. The summed E-state index contributed by atoms with van der Waals surface area (Å²) in [4.78, 5) is 9.40. The molecule has 0 radical (unpaired) electrons. The molecule has 0 aliphatic carbocycles. The van der Waals surface area contributed by atoms with Gasteiger partial charge < -0.3 is 29.7 Å². The number of methoxy groups -OCH3 is 1. The van der Waals surface area contributed by atoms with E-state index in [-0.39, 0.29) is 16.7 Å². The zero-order valence-corrected chi connectivity index (χ0v) is 21.7. The summed E-state index contributed by atoms with van der Waals surface area (Å²) >= 11 is 0. The van der Waals surface area contributed by atoms with Crippen molar-refractivity contribution in [1.29, 1.82) is 0 Å². The third kappa shape index (κ3) is 5.17. The zero-order valence-electron chi connectivity index (χ0n) is 20.8. The first-order valence-corrected chi connectivity index (χ1v) is 14.4. The maximum absolute atomic E-state index is 13.9. The SMILES string of the molecule is CNc1cc(Nc2ccc(P3(=O)CCN(C4CCOCC4)CC3)cc2OC)nc2[nH]cc(C(F)(F)F)c12. The molecule has 200 valence electrons. The summed E-state index contributed by atoms with van der Waals surface area (Å²) in [5.74, 6) is 0.838. The van der Waals surface area contributed by atoms with Crippen molar-refractivity contribution in [3.63, 3.8) is 0 Å². The minimum atomic E-state index is -4.50. The number of aromatic nitrogens is 2. The fraction of sp³-hybridized carbons (Fsp3) is 0.480. The summed E-state index contributed by atoms with van der Waals surface area (Å²) in [5, 5.41) is 6.73. The number of aromatic amines is 1. The van der Waals surface area contributed by atoms with Gasteiger partial charge in [-0.3, -0.25) is 4.90 Å². The average Bonchev–Trinajstić information content (AvgIpc) is 3.34. The molecule has 0 spiro atoms. The lowest BCUT2D eigenvalue weighted by Gasteiger charge is -2.39. The van der Waals surface area contributed by atoms with Crippen LogP contribution in [0, 0.1) is 0 Å². The summed E-state index contributed by atoms with van der Waals surface area (Å²) in [6, 6.07) is 7.47. The highest BCUT2D eigenvalue weighted by Crippen LogP contribution is 2.48. The second-order valence-corrected chi connectivity index (χ2v) is 12.6. The highest BCUT2D eigenvalue weighted by molar-refractivity contribution is 7.71. The van der Waals surface area contributed by atoms with Gasteiger partial charge in [-0.05, 0) is 31.0 Å². The Hall–Kier alpha value is -2.75. The van der Waals surface area contributed by atoms with E-state index in [4.69, 9.17) is 9.47 Å². The molecular weight excluding hydrogens is 506 g/mol. The van der Waals surface area contributed by atoms with Gasteiger partial charge >= 0.3 is 6.18 Å². The molecule has 8 nitrogen and oxygen atoms in total. The number of nitrogens with zero attached hydrogens (tertiary/aromatic N) is 2. The van der Waals surface area contributed by atoms with Gasteiger partial charge in [0.25, 0.3) is 0 Å². The molecule has 2 aliphatic heterocycles. The van der Waals surface area contributed by atoms with Crippen molar-refractivity contribution < 1.29 is 27.2 Å². The summed E-state index contributed by atoms with van der Waals surface area (Å²) < 4.78 is 65.2. The van der Waals surface area contributed by atoms with E-state index in [1.54, 1.807) is 19.2 Å². The smallest absolute Gasteiger partial charge is 0.418 e. The van der Waals surface area contributed by atoms with Crippen LogP contribution in [0.2, 0.25) is 0 Å². The van der Waals surface area contributed by atoms with Crippen LogP contribution in [-0.2, 0) is 15.5 Å². The van der Waals surface area contributed by atoms with Crippen LogP contribution >= 0.6 is 7.14 Å². The molecule has 37 heavy (non-hydrogen) atoms. The van der Waals surface area contributed by atoms with Crippen molar-refractivity contribution in [3.05, 3.63) is 36.0 Å². The minimum absolute atomic E-state index is 0.0203. The number of anilines is 3. The fourth-order valence-corrected chi connectivity index (χ4v) is 7.87.